The third kappa shape index (κ3) is 3.24. The number of aromatic nitrogens is 1. The van der Waals surface area contributed by atoms with Crippen molar-refractivity contribution in [3.8, 4) is 6.07 Å². The monoisotopic (exact) mass is 258 g/mol. The van der Waals surface area contributed by atoms with Crippen LogP contribution in [0.1, 0.15) is 44.6 Å². The molecule has 0 saturated heterocycles. The van der Waals surface area contributed by atoms with Gasteiger partial charge in [0.25, 0.3) is 0 Å². The van der Waals surface area contributed by atoms with E-state index in [1.807, 2.05) is 6.20 Å². The van der Waals surface area contributed by atoms with Gasteiger partial charge in [0.2, 0.25) is 0 Å². The smallest absolute Gasteiger partial charge is 0.101 e. The van der Waals surface area contributed by atoms with Crippen LogP contribution in [0.25, 0.3) is 0 Å². The van der Waals surface area contributed by atoms with Crippen molar-refractivity contribution in [2.45, 2.75) is 51.1 Å². The average molecular weight is 258 g/mol. The van der Waals surface area contributed by atoms with Crippen LogP contribution in [-0.4, -0.2) is 23.6 Å². The Morgan fingerprint density at radius 1 is 1.42 bits per heavy atom. The minimum absolute atomic E-state index is 0.351. The van der Waals surface area contributed by atoms with E-state index in [1.54, 1.807) is 12.3 Å². The van der Waals surface area contributed by atoms with E-state index >= 15 is 0 Å². The Hall–Kier alpha value is -1.60. The van der Waals surface area contributed by atoms with Crippen LogP contribution in [0.15, 0.2) is 18.5 Å². The van der Waals surface area contributed by atoms with Gasteiger partial charge in [-0.05, 0) is 38.2 Å². The second-order valence-electron chi connectivity index (χ2n) is 5.27. The van der Waals surface area contributed by atoms with Crippen molar-refractivity contribution >= 4 is 5.69 Å². The normalized spacial score (nSPS) is 22.8. The Bertz CT molecular complexity index is 444. The zero-order valence-electron chi connectivity index (χ0n) is 11.5. The number of nitriles is 1. The largest absolute Gasteiger partial charge is 0.366 e. The van der Waals surface area contributed by atoms with Crippen molar-refractivity contribution in [2.75, 3.05) is 11.4 Å². The quantitative estimate of drug-likeness (QED) is 0.900. The van der Waals surface area contributed by atoms with E-state index in [4.69, 9.17) is 5.73 Å². The number of hydrogen-bond acceptors (Lipinski definition) is 4. The molecule has 0 unspecified atom stereocenters. The Kier molecular flexibility index (Phi) is 4.75. The molecule has 19 heavy (non-hydrogen) atoms. The lowest BCUT2D eigenvalue weighted by molar-refractivity contribution is 0.375. The van der Waals surface area contributed by atoms with Crippen LogP contribution in [-0.2, 0) is 0 Å². The lowest BCUT2D eigenvalue weighted by atomic mass is 9.90. The summed E-state index contributed by atoms with van der Waals surface area (Å²) in [5.41, 5.74) is 7.68. The number of nitrogens with two attached hydrogens (primary N) is 1. The zero-order chi connectivity index (χ0) is 13.7. The van der Waals surface area contributed by atoms with Gasteiger partial charge in [-0.3, -0.25) is 4.98 Å². The summed E-state index contributed by atoms with van der Waals surface area (Å²) < 4.78 is 0. The van der Waals surface area contributed by atoms with Crippen molar-refractivity contribution in [3.05, 3.63) is 24.0 Å². The molecule has 0 aromatic carbocycles. The molecule has 2 N–H and O–H groups in total. The molecule has 2 rings (SSSR count). The molecule has 1 aliphatic carbocycles. The molecule has 4 nitrogen and oxygen atoms in total. The van der Waals surface area contributed by atoms with Gasteiger partial charge < -0.3 is 10.6 Å². The van der Waals surface area contributed by atoms with Crippen LogP contribution in [0, 0.1) is 11.3 Å². The highest BCUT2D eigenvalue weighted by Crippen LogP contribution is 2.28. The Labute approximate surface area is 115 Å². The second-order valence-corrected chi connectivity index (χ2v) is 5.27. The highest BCUT2D eigenvalue weighted by atomic mass is 15.2. The minimum Gasteiger partial charge on any atom is -0.366 e. The van der Waals surface area contributed by atoms with E-state index in [2.05, 4.69) is 22.9 Å². The first-order valence-electron chi connectivity index (χ1n) is 7.12. The number of hydrogen-bond donors (Lipinski definition) is 1. The average Bonchev–Trinajstić information content (AvgIpc) is 2.46. The lowest BCUT2D eigenvalue weighted by Crippen LogP contribution is -2.41. The first kappa shape index (κ1) is 13.8. The summed E-state index contributed by atoms with van der Waals surface area (Å²) in [6.45, 7) is 3.14. The van der Waals surface area contributed by atoms with Gasteiger partial charge in [-0.15, -0.1) is 0 Å². The van der Waals surface area contributed by atoms with E-state index in [1.165, 1.54) is 0 Å². The van der Waals surface area contributed by atoms with Crippen molar-refractivity contribution < 1.29 is 0 Å². The Morgan fingerprint density at radius 3 is 2.79 bits per heavy atom. The van der Waals surface area contributed by atoms with Crippen LogP contribution in [0.3, 0.4) is 0 Å². The molecule has 1 aromatic heterocycles. The third-order valence-corrected chi connectivity index (χ3v) is 3.88. The van der Waals surface area contributed by atoms with E-state index in [-0.39, 0.29) is 0 Å². The summed E-state index contributed by atoms with van der Waals surface area (Å²) in [5, 5.41) is 9.25. The van der Waals surface area contributed by atoms with Gasteiger partial charge in [0.1, 0.15) is 6.07 Å². The van der Waals surface area contributed by atoms with Gasteiger partial charge in [-0.25, -0.2) is 0 Å². The van der Waals surface area contributed by atoms with Gasteiger partial charge >= 0.3 is 0 Å². The maximum atomic E-state index is 9.25. The number of nitrogens with zero attached hydrogens (tertiary/aromatic N) is 3. The predicted octanol–water partition coefficient (Wildman–Crippen LogP) is 2.44. The molecule has 0 aliphatic heterocycles. The summed E-state index contributed by atoms with van der Waals surface area (Å²) in [7, 11) is 0. The fraction of sp³-hybridized carbons (Fsp3) is 0.600. The molecule has 0 radical (unpaired) electrons. The SMILES string of the molecule is CCCN(c1cnccc1C#N)C1CCC(N)CC1. The summed E-state index contributed by atoms with van der Waals surface area (Å²) in [4.78, 5) is 6.55. The standard InChI is InChI=1S/C15H22N4/c1-2-9-19(14-5-3-13(17)4-6-14)15-11-18-8-7-12(15)10-16/h7-8,11,13-14H,2-6,9,17H2,1H3. The van der Waals surface area contributed by atoms with Gasteiger partial charge in [0, 0.05) is 24.8 Å². The molecule has 1 fully saturated rings. The number of anilines is 1. The van der Waals surface area contributed by atoms with E-state index in [0.29, 0.717) is 12.1 Å². The fourth-order valence-electron chi connectivity index (χ4n) is 2.86. The molecule has 102 valence electrons. The van der Waals surface area contributed by atoms with Gasteiger partial charge in [-0.2, -0.15) is 5.26 Å². The Morgan fingerprint density at radius 2 is 2.16 bits per heavy atom. The summed E-state index contributed by atoms with van der Waals surface area (Å²) in [5.74, 6) is 0. The molecular formula is C15H22N4. The zero-order valence-corrected chi connectivity index (χ0v) is 11.5. The lowest BCUT2D eigenvalue weighted by Gasteiger charge is -2.37. The molecule has 0 atom stereocenters. The second kappa shape index (κ2) is 6.53. The minimum atomic E-state index is 0.351. The molecule has 1 aromatic rings. The maximum absolute atomic E-state index is 9.25. The van der Waals surface area contributed by atoms with Crippen LogP contribution < -0.4 is 10.6 Å². The summed E-state index contributed by atoms with van der Waals surface area (Å²) in [6.07, 6.45) is 8.95. The van der Waals surface area contributed by atoms with Gasteiger partial charge in [-0.1, -0.05) is 6.92 Å². The first-order chi connectivity index (χ1) is 9.26. The summed E-state index contributed by atoms with van der Waals surface area (Å²) >= 11 is 0. The fourth-order valence-corrected chi connectivity index (χ4v) is 2.86. The molecular weight excluding hydrogens is 236 g/mol. The molecule has 0 bridgehead atoms. The maximum Gasteiger partial charge on any atom is 0.101 e. The van der Waals surface area contributed by atoms with Crippen molar-refractivity contribution in [1.82, 2.24) is 4.98 Å². The third-order valence-electron chi connectivity index (χ3n) is 3.88. The molecule has 4 heteroatoms. The van der Waals surface area contributed by atoms with Crippen LogP contribution in [0.4, 0.5) is 5.69 Å². The van der Waals surface area contributed by atoms with E-state index in [9.17, 15) is 5.26 Å². The first-order valence-corrected chi connectivity index (χ1v) is 7.12. The summed E-state index contributed by atoms with van der Waals surface area (Å²) in [6, 6.07) is 4.92. The number of pyridine rings is 1. The molecule has 0 amide bonds. The highest BCUT2D eigenvalue weighted by Gasteiger charge is 2.25. The molecule has 1 aliphatic rings. The topological polar surface area (TPSA) is 65.9 Å². The van der Waals surface area contributed by atoms with Gasteiger partial charge in [0.05, 0.1) is 17.4 Å². The van der Waals surface area contributed by atoms with Crippen molar-refractivity contribution in [3.63, 3.8) is 0 Å². The van der Waals surface area contributed by atoms with Crippen LogP contribution in [0.5, 0.6) is 0 Å². The predicted molar refractivity (Wildman–Crippen MR) is 76.8 cm³/mol. The van der Waals surface area contributed by atoms with Crippen LogP contribution in [0.2, 0.25) is 0 Å². The van der Waals surface area contributed by atoms with Crippen molar-refractivity contribution in [1.29, 1.82) is 5.26 Å². The van der Waals surface area contributed by atoms with E-state index < -0.39 is 0 Å². The van der Waals surface area contributed by atoms with Crippen molar-refractivity contribution in [2.24, 2.45) is 5.73 Å². The highest BCUT2D eigenvalue weighted by molar-refractivity contribution is 5.58. The molecule has 0 spiro atoms. The van der Waals surface area contributed by atoms with E-state index in [0.717, 1.165) is 49.9 Å². The molecule has 1 heterocycles. The van der Waals surface area contributed by atoms with Gasteiger partial charge in [0.15, 0.2) is 0 Å². The Balaban J connectivity index is 2.22. The van der Waals surface area contributed by atoms with Crippen LogP contribution >= 0.6 is 0 Å². The molecule has 1 saturated carbocycles. The number of rotatable bonds is 4.